The van der Waals surface area contributed by atoms with Crippen LogP contribution in [0.25, 0.3) is 0 Å². The Labute approximate surface area is 108 Å². The van der Waals surface area contributed by atoms with Crippen molar-refractivity contribution in [1.29, 1.82) is 10.5 Å². The average molecular weight is 269 g/mol. The Morgan fingerprint density at radius 3 is 2.00 bits per heavy atom. The lowest BCUT2D eigenvalue weighted by atomic mass is 10.1. The molecule has 0 saturated carbocycles. The summed E-state index contributed by atoms with van der Waals surface area (Å²) >= 11 is 0. The second-order valence-corrected chi connectivity index (χ2v) is 3.90. The molecular formula is C12H10F3N3O. The zero-order valence-electron chi connectivity index (χ0n) is 10.3. The van der Waals surface area contributed by atoms with Gasteiger partial charge in [0, 0.05) is 6.54 Å². The smallest absolute Gasteiger partial charge is 0.205 e. The molecule has 0 bridgehead atoms. The van der Waals surface area contributed by atoms with Gasteiger partial charge in [0.1, 0.15) is 29.9 Å². The van der Waals surface area contributed by atoms with E-state index in [0.29, 0.717) is 6.54 Å². The molecule has 0 unspecified atom stereocenters. The Morgan fingerprint density at radius 2 is 1.53 bits per heavy atom. The zero-order valence-corrected chi connectivity index (χ0v) is 10.3. The molecule has 0 fully saturated rings. The number of halogens is 3. The quantitative estimate of drug-likeness (QED) is 0.782. The third kappa shape index (κ3) is 2.95. The fourth-order valence-corrected chi connectivity index (χ4v) is 1.31. The lowest BCUT2D eigenvalue weighted by Crippen LogP contribution is -2.20. The van der Waals surface area contributed by atoms with Crippen LogP contribution in [0.4, 0.5) is 13.2 Å². The molecule has 0 aliphatic carbocycles. The Bertz CT molecular complexity index is 573. The van der Waals surface area contributed by atoms with E-state index in [1.54, 1.807) is 19.0 Å². The maximum atomic E-state index is 13.8. The van der Waals surface area contributed by atoms with Crippen molar-refractivity contribution in [2.24, 2.45) is 0 Å². The number of benzene rings is 1. The standard InChI is InChI=1S/C12H10F3N3O/c1-18(2)3-4-19-12-10(14)8(6-17)7(5-16)9(13)11(12)15/h3-4H2,1-2H3. The maximum absolute atomic E-state index is 13.8. The number of hydrogen-bond donors (Lipinski definition) is 0. The van der Waals surface area contributed by atoms with Gasteiger partial charge in [0.25, 0.3) is 0 Å². The molecule has 0 atom stereocenters. The molecule has 0 saturated heterocycles. The van der Waals surface area contributed by atoms with Gasteiger partial charge in [-0.2, -0.15) is 14.9 Å². The van der Waals surface area contributed by atoms with E-state index in [1.807, 2.05) is 0 Å². The van der Waals surface area contributed by atoms with Crippen molar-refractivity contribution in [3.8, 4) is 17.9 Å². The minimum Gasteiger partial charge on any atom is -0.486 e. The SMILES string of the molecule is CN(C)CCOc1c(F)c(F)c(C#N)c(C#N)c1F. The number of rotatable bonds is 4. The van der Waals surface area contributed by atoms with Crippen LogP contribution in [0.5, 0.6) is 5.75 Å². The van der Waals surface area contributed by atoms with Gasteiger partial charge in [-0.15, -0.1) is 0 Å². The van der Waals surface area contributed by atoms with Gasteiger partial charge in [-0.25, -0.2) is 8.78 Å². The van der Waals surface area contributed by atoms with Crippen molar-refractivity contribution in [2.75, 3.05) is 27.2 Å². The van der Waals surface area contributed by atoms with Crippen molar-refractivity contribution >= 4 is 0 Å². The fourth-order valence-electron chi connectivity index (χ4n) is 1.31. The molecule has 1 aromatic rings. The molecule has 1 aromatic carbocycles. The minimum absolute atomic E-state index is 0.0863. The van der Waals surface area contributed by atoms with Crippen LogP contribution in [0.2, 0.25) is 0 Å². The van der Waals surface area contributed by atoms with E-state index in [0.717, 1.165) is 0 Å². The van der Waals surface area contributed by atoms with Crippen LogP contribution in [-0.2, 0) is 0 Å². The molecule has 0 spiro atoms. The molecule has 7 heteroatoms. The van der Waals surface area contributed by atoms with Crippen molar-refractivity contribution < 1.29 is 17.9 Å². The summed E-state index contributed by atoms with van der Waals surface area (Å²) in [6.45, 7) is 0.263. The van der Waals surface area contributed by atoms with E-state index >= 15 is 0 Å². The number of nitriles is 2. The lowest BCUT2D eigenvalue weighted by Gasteiger charge is -2.13. The van der Waals surface area contributed by atoms with Gasteiger partial charge in [-0.05, 0) is 14.1 Å². The van der Waals surface area contributed by atoms with E-state index < -0.39 is 34.3 Å². The molecule has 4 nitrogen and oxygen atoms in total. The van der Waals surface area contributed by atoms with E-state index in [1.165, 1.54) is 12.1 Å². The van der Waals surface area contributed by atoms with Crippen molar-refractivity contribution in [3.63, 3.8) is 0 Å². The summed E-state index contributed by atoms with van der Waals surface area (Å²) in [5, 5.41) is 17.3. The largest absolute Gasteiger partial charge is 0.486 e. The Hall–Kier alpha value is -2.25. The third-order valence-electron chi connectivity index (χ3n) is 2.29. The summed E-state index contributed by atoms with van der Waals surface area (Å²) in [6, 6.07) is 2.58. The maximum Gasteiger partial charge on any atom is 0.205 e. The molecule has 0 N–H and O–H groups in total. The lowest BCUT2D eigenvalue weighted by molar-refractivity contribution is 0.239. The van der Waals surface area contributed by atoms with E-state index in [4.69, 9.17) is 15.3 Å². The van der Waals surface area contributed by atoms with Gasteiger partial charge in [0.15, 0.2) is 17.4 Å². The van der Waals surface area contributed by atoms with Gasteiger partial charge >= 0.3 is 0 Å². The molecule has 0 aliphatic rings. The highest BCUT2D eigenvalue weighted by Gasteiger charge is 2.26. The molecular weight excluding hydrogens is 259 g/mol. The van der Waals surface area contributed by atoms with Crippen LogP contribution >= 0.6 is 0 Å². The minimum atomic E-state index is -1.60. The van der Waals surface area contributed by atoms with Gasteiger partial charge in [0.2, 0.25) is 5.82 Å². The number of nitrogens with zero attached hydrogens (tertiary/aromatic N) is 3. The van der Waals surface area contributed by atoms with Crippen LogP contribution in [0.15, 0.2) is 0 Å². The number of ether oxygens (including phenoxy) is 1. The first-order chi connectivity index (χ1) is 8.93. The Morgan fingerprint density at radius 1 is 1.00 bits per heavy atom. The van der Waals surface area contributed by atoms with E-state index in [2.05, 4.69) is 0 Å². The summed E-state index contributed by atoms with van der Waals surface area (Å²) in [7, 11) is 3.44. The monoisotopic (exact) mass is 269 g/mol. The first kappa shape index (κ1) is 14.8. The normalized spacial score (nSPS) is 10.1. The van der Waals surface area contributed by atoms with Crippen LogP contribution < -0.4 is 4.74 Å². The van der Waals surface area contributed by atoms with Crippen LogP contribution in [0, 0.1) is 40.1 Å². The number of hydrogen-bond acceptors (Lipinski definition) is 4. The summed E-state index contributed by atoms with van der Waals surface area (Å²) in [5.41, 5.74) is -1.82. The second-order valence-electron chi connectivity index (χ2n) is 3.90. The highest BCUT2D eigenvalue weighted by molar-refractivity contribution is 5.52. The van der Waals surface area contributed by atoms with Crippen LogP contribution in [0.1, 0.15) is 11.1 Å². The number of likely N-dealkylation sites (N-methyl/N-ethyl adjacent to an activating group) is 1. The van der Waals surface area contributed by atoms with Crippen molar-refractivity contribution in [2.45, 2.75) is 0 Å². The predicted octanol–water partition coefficient (Wildman–Crippen LogP) is 1.79. The molecule has 0 heterocycles. The van der Waals surface area contributed by atoms with E-state index in [9.17, 15) is 13.2 Å². The van der Waals surface area contributed by atoms with Crippen molar-refractivity contribution in [1.82, 2.24) is 4.90 Å². The van der Waals surface area contributed by atoms with Gasteiger partial charge in [0.05, 0.1) is 0 Å². The van der Waals surface area contributed by atoms with Gasteiger partial charge < -0.3 is 9.64 Å². The molecule has 100 valence electrons. The van der Waals surface area contributed by atoms with Gasteiger partial charge in [-0.1, -0.05) is 0 Å². The molecule has 19 heavy (non-hydrogen) atoms. The topological polar surface area (TPSA) is 60.0 Å². The molecule has 0 aliphatic heterocycles. The Kier molecular flexibility index (Phi) is 4.74. The first-order valence-corrected chi connectivity index (χ1v) is 5.22. The molecule has 0 amide bonds. The molecule has 0 radical (unpaired) electrons. The highest BCUT2D eigenvalue weighted by atomic mass is 19.2. The summed E-state index contributed by atoms with van der Waals surface area (Å²) < 4.78 is 45.6. The highest BCUT2D eigenvalue weighted by Crippen LogP contribution is 2.30. The second kappa shape index (κ2) is 6.07. The van der Waals surface area contributed by atoms with Crippen molar-refractivity contribution in [3.05, 3.63) is 28.6 Å². The summed E-state index contributed by atoms with van der Waals surface area (Å²) in [5.74, 6) is -5.53. The third-order valence-corrected chi connectivity index (χ3v) is 2.29. The van der Waals surface area contributed by atoms with Crippen LogP contribution in [0.3, 0.4) is 0 Å². The predicted molar refractivity (Wildman–Crippen MR) is 59.8 cm³/mol. The average Bonchev–Trinajstić information content (AvgIpc) is 2.37. The Balaban J connectivity index is 3.24. The first-order valence-electron chi connectivity index (χ1n) is 5.22. The molecule has 1 rings (SSSR count). The van der Waals surface area contributed by atoms with E-state index in [-0.39, 0.29) is 6.61 Å². The fraction of sp³-hybridized carbons (Fsp3) is 0.333. The van der Waals surface area contributed by atoms with Crippen LogP contribution in [-0.4, -0.2) is 32.1 Å². The molecule has 0 aromatic heterocycles. The summed E-state index contributed by atoms with van der Waals surface area (Å²) in [4.78, 5) is 1.70. The van der Waals surface area contributed by atoms with Gasteiger partial charge in [-0.3, -0.25) is 0 Å². The zero-order chi connectivity index (χ0) is 14.6. The summed E-state index contributed by atoms with van der Waals surface area (Å²) in [6.07, 6.45) is 0.